The molecule has 1 aliphatic heterocycles. The Hall–Kier alpha value is -1.52. The first-order valence-electron chi connectivity index (χ1n) is 4.85. The topological polar surface area (TPSA) is 55.5 Å². The van der Waals surface area contributed by atoms with Crippen LogP contribution in [0, 0.1) is 0 Å². The first-order chi connectivity index (χ1) is 7.74. The molecule has 0 saturated heterocycles. The number of allylic oxidation sites excluding steroid dienone is 2. The average molecular weight is 235 g/mol. The standard InChI is InChI=1S/C12H13NO2S/c13-11-3-1-10(2-4-11)9-15-12-5-7-16(14)8-6-12/h1-8,14H,9,13H2. The smallest absolute Gasteiger partial charge is 0.120 e. The third-order valence-corrected chi connectivity index (χ3v) is 2.96. The van der Waals surface area contributed by atoms with Crippen molar-refractivity contribution in [3.05, 3.63) is 53.1 Å². The van der Waals surface area contributed by atoms with Crippen molar-refractivity contribution >= 4 is 21.8 Å². The summed E-state index contributed by atoms with van der Waals surface area (Å²) in [6.07, 6.45) is 3.56. The highest BCUT2D eigenvalue weighted by Crippen LogP contribution is 2.17. The molecular formula is C12H13NO2S. The summed E-state index contributed by atoms with van der Waals surface area (Å²) in [7, 11) is -0.741. The van der Waals surface area contributed by atoms with Crippen LogP contribution in [0.3, 0.4) is 0 Å². The van der Waals surface area contributed by atoms with Crippen LogP contribution in [0.5, 0.6) is 0 Å². The SMILES string of the molecule is Nc1ccc(COC2=CC=S(O)C=C2)cc1. The number of nitrogens with two attached hydrogens (primary N) is 1. The van der Waals surface area contributed by atoms with Gasteiger partial charge in [0.2, 0.25) is 0 Å². The molecule has 0 bridgehead atoms. The normalized spacial score (nSPS) is 18.8. The van der Waals surface area contributed by atoms with Crippen molar-refractivity contribution in [2.45, 2.75) is 6.61 Å². The van der Waals surface area contributed by atoms with E-state index in [1.54, 1.807) is 22.9 Å². The molecule has 3 N–H and O–H groups in total. The maximum atomic E-state index is 9.21. The molecule has 4 heteroatoms. The Kier molecular flexibility index (Phi) is 3.44. The van der Waals surface area contributed by atoms with Gasteiger partial charge in [0.25, 0.3) is 0 Å². The molecule has 84 valence electrons. The number of rotatable bonds is 3. The lowest BCUT2D eigenvalue weighted by Gasteiger charge is -2.09. The van der Waals surface area contributed by atoms with Gasteiger partial charge in [-0.2, -0.15) is 0 Å². The molecule has 1 aromatic carbocycles. The number of benzene rings is 1. The van der Waals surface area contributed by atoms with E-state index in [-0.39, 0.29) is 0 Å². The van der Waals surface area contributed by atoms with E-state index in [2.05, 4.69) is 0 Å². The highest BCUT2D eigenvalue weighted by Gasteiger charge is 1.99. The van der Waals surface area contributed by atoms with Gasteiger partial charge in [-0.3, -0.25) is 0 Å². The Balaban J connectivity index is 1.94. The molecule has 1 atom stereocenters. The Morgan fingerprint density at radius 3 is 2.62 bits per heavy atom. The monoisotopic (exact) mass is 235 g/mol. The van der Waals surface area contributed by atoms with Gasteiger partial charge in [0, 0.05) is 5.69 Å². The average Bonchev–Trinajstić information content (AvgIpc) is 2.30. The maximum absolute atomic E-state index is 9.21. The molecule has 1 unspecified atom stereocenters. The predicted octanol–water partition coefficient (Wildman–Crippen LogP) is 2.74. The highest BCUT2D eigenvalue weighted by atomic mass is 32.2. The van der Waals surface area contributed by atoms with Crippen LogP contribution in [0.1, 0.15) is 5.56 Å². The lowest BCUT2D eigenvalue weighted by Crippen LogP contribution is -1.94. The molecule has 0 fully saturated rings. The molecule has 0 amide bonds. The van der Waals surface area contributed by atoms with Crippen molar-refractivity contribution in [2.24, 2.45) is 0 Å². The van der Waals surface area contributed by atoms with Crippen LogP contribution < -0.4 is 5.73 Å². The zero-order valence-corrected chi connectivity index (χ0v) is 9.48. The van der Waals surface area contributed by atoms with Gasteiger partial charge in [0.1, 0.15) is 12.4 Å². The van der Waals surface area contributed by atoms with E-state index >= 15 is 0 Å². The zero-order chi connectivity index (χ0) is 11.4. The summed E-state index contributed by atoms with van der Waals surface area (Å²) in [6, 6.07) is 7.56. The molecule has 3 nitrogen and oxygen atoms in total. The molecule has 0 aliphatic carbocycles. The van der Waals surface area contributed by atoms with Crippen molar-refractivity contribution in [3.8, 4) is 0 Å². The molecule has 0 spiro atoms. The van der Waals surface area contributed by atoms with Crippen LogP contribution in [0.4, 0.5) is 5.69 Å². The molecule has 0 saturated carbocycles. The van der Waals surface area contributed by atoms with Crippen LogP contribution in [0.15, 0.2) is 47.6 Å². The van der Waals surface area contributed by atoms with Crippen molar-refractivity contribution in [2.75, 3.05) is 5.73 Å². The third-order valence-electron chi connectivity index (χ3n) is 2.13. The highest BCUT2D eigenvalue weighted by molar-refractivity contribution is 8.12. The summed E-state index contributed by atoms with van der Waals surface area (Å²) >= 11 is 0. The van der Waals surface area contributed by atoms with Crippen LogP contribution >= 0.6 is 10.8 Å². The van der Waals surface area contributed by atoms with Crippen molar-refractivity contribution < 1.29 is 9.29 Å². The summed E-state index contributed by atoms with van der Waals surface area (Å²) in [5.41, 5.74) is 7.40. The molecule has 0 radical (unpaired) electrons. The van der Waals surface area contributed by atoms with Gasteiger partial charge in [-0.1, -0.05) is 12.1 Å². The Morgan fingerprint density at radius 1 is 1.25 bits per heavy atom. The van der Waals surface area contributed by atoms with Gasteiger partial charge >= 0.3 is 0 Å². The van der Waals surface area contributed by atoms with E-state index in [0.717, 1.165) is 17.0 Å². The van der Waals surface area contributed by atoms with E-state index in [1.807, 2.05) is 24.3 Å². The fourth-order valence-electron chi connectivity index (χ4n) is 1.25. The number of anilines is 1. The van der Waals surface area contributed by atoms with Crippen LogP contribution in [0.2, 0.25) is 0 Å². The molecule has 1 aromatic rings. The molecule has 2 rings (SSSR count). The van der Waals surface area contributed by atoms with Gasteiger partial charge in [-0.05, 0) is 51.4 Å². The Morgan fingerprint density at radius 2 is 2.00 bits per heavy atom. The lowest BCUT2D eigenvalue weighted by atomic mass is 10.2. The molecule has 0 aromatic heterocycles. The van der Waals surface area contributed by atoms with Gasteiger partial charge in [-0.25, -0.2) is 0 Å². The Bertz CT molecular complexity index is 460. The van der Waals surface area contributed by atoms with Crippen LogP contribution in [0.25, 0.3) is 0 Å². The molecule has 1 aliphatic rings. The van der Waals surface area contributed by atoms with Gasteiger partial charge in [0.15, 0.2) is 0 Å². The summed E-state index contributed by atoms with van der Waals surface area (Å²) in [5, 5.41) is 3.41. The number of hydrogen-bond acceptors (Lipinski definition) is 3. The largest absolute Gasteiger partial charge is 0.489 e. The number of hydrogen-bond donors (Lipinski definition) is 2. The number of ether oxygens (including phenoxy) is 1. The van der Waals surface area contributed by atoms with Crippen molar-refractivity contribution in [1.29, 1.82) is 0 Å². The second kappa shape index (κ2) is 5.01. The quantitative estimate of drug-likeness (QED) is 0.625. The second-order valence-electron chi connectivity index (χ2n) is 3.39. The first kappa shape index (κ1) is 11.0. The van der Waals surface area contributed by atoms with Gasteiger partial charge < -0.3 is 15.0 Å². The van der Waals surface area contributed by atoms with Crippen molar-refractivity contribution in [3.63, 3.8) is 0 Å². The summed E-state index contributed by atoms with van der Waals surface area (Å²) in [4.78, 5) is 0. The predicted molar refractivity (Wildman–Crippen MR) is 69.2 cm³/mol. The molecule has 1 heterocycles. The van der Waals surface area contributed by atoms with E-state index in [4.69, 9.17) is 10.5 Å². The van der Waals surface area contributed by atoms with E-state index in [0.29, 0.717) is 6.61 Å². The van der Waals surface area contributed by atoms with Crippen molar-refractivity contribution in [1.82, 2.24) is 0 Å². The minimum absolute atomic E-state index is 0.503. The first-order valence-corrected chi connectivity index (χ1v) is 6.16. The Labute approximate surface area is 97.0 Å². The number of nitrogen functional groups attached to an aromatic ring is 1. The van der Waals surface area contributed by atoms with E-state index in [9.17, 15) is 4.55 Å². The summed E-state index contributed by atoms with van der Waals surface area (Å²) in [6.45, 7) is 0.503. The minimum Gasteiger partial charge on any atom is -0.489 e. The molecular weight excluding hydrogens is 222 g/mol. The lowest BCUT2D eigenvalue weighted by molar-refractivity contribution is 0.212. The third kappa shape index (κ3) is 2.98. The maximum Gasteiger partial charge on any atom is 0.120 e. The van der Waals surface area contributed by atoms with Gasteiger partial charge in [0.05, 0.1) is 0 Å². The van der Waals surface area contributed by atoms with E-state index in [1.165, 1.54) is 0 Å². The fraction of sp³-hybridized carbons (Fsp3) is 0.0833. The van der Waals surface area contributed by atoms with E-state index < -0.39 is 10.8 Å². The zero-order valence-electron chi connectivity index (χ0n) is 8.67. The van der Waals surface area contributed by atoms with Gasteiger partial charge in [-0.15, -0.1) is 0 Å². The van der Waals surface area contributed by atoms with Crippen LogP contribution in [-0.4, -0.2) is 9.92 Å². The fourth-order valence-corrected chi connectivity index (χ4v) is 1.89. The minimum atomic E-state index is -0.741. The van der Waals surface area contributed by atoms with Crippen LogP contribution in [-0.2, 0) is 11.3 Å². The second-order valence-corrected chi connectivity index (χ2v) is 4.62. The summed E-state index contributed by atoms with van der Waals surface area (Å²) < 4.78 is 14.8. The summed E-state index contributed by atoms with van der Waals surface area (Å²) in [5.74, 6) is 0.759. The molecule has 16 heavy (non-hydrogen) atoms.